The lowest BCUT2D eigenvalue weighted by atomic mass is 10.1. The largest absolute Gasteiger partial charge is 0.494 e. The first-order valence-electron chi connectivity index (χ1n) is 8.01. The molecule has 134 valence electrons. The molecule has 0 atom stereocenters. The highest BCUT2D eigenvalue weighted by Crippen LogP contribution is 2.31. The number of aromatic nitrogens is 3. The van der Waals surface area contributed by atoms with Gasteiger partial charge in [0, 0.05) is 28.0 Å². The number of allylic oxidation sites excluding steroid dienone is 1. The molecule has 0 radical (unpaired) electrons. The number of hydrogen-bond acceptors (Lipinski definition) is 5. The summed E-state index contributed by atoms with van der Waals surface area (Å²) in [7, 11) is 0. The average molecular weight is 425 g/mol. The minimum absolute atomic E-state index is 0.0340. The zero-order chi connectivity index (χ0) is 19.1. The maximum atomic E-state index is 12.3. The molecule has 27 heavy (non-hydrogen) atoms. The van der Waals surface area contributed by atoms with Crippen molar-refractivity contribution in [1.29, 1.82) is 0 Å². The molecule has 4 rings (SSSR count). The smallest absolute Gasteiger partial charge is 0.335 e. The molecule has 7 nitrogen and oxygen atoms in total. The Morgan fingerprint density at radius 2 is 2.07 bits per heavy atom. The molecule has 0 bridgehead atoms. The third-order valence-corrected chi connectivity index (χ3v) is 5.13. The van der Waals surface area contributed by atoms with Crippen LogP contribution in [0.1, 0.15) is 16.7 Å². The number of rotatable bonds is 2. The molecule has 0 fully saturated rings. The molecule has 3 aromatic rings. The second-order valence-corrected chi connectivity index (χ2v) is 6.85. The van der Waals surface area contributed by atoms with Gasteiger partial charge in [-0.05, 0) is 48.9 Å². The lowest BCUT2D eigenvalue weighted by Gasteiger charge is -2.11. The molecule has 8 heteroatoms. The number of benzene rings is 1. The number of nitrogens with one attached hydrogen (secondary N) is 1. The molecule has 0 aliphatic carbocycles. The van der Waals surface area contributed by atoms with Gasteiger partial charge in [-0.1, -0.05) is 15.9 Å². The van der Waals surface area contributed by atoms with Crippen LogP contribution in [0, 0.1) is 6.92 Å². The predicted molar refractivity (Wildman–Crippen MR) is 107 cm³/mol. The average Bonchev–Trinajstić information content (AvgIpc) is 3.04. The summed E-state index contributed by atoms with van der Waals surface area (Å²) >= 11 is 3.40. The normalized spacial score (nSPS) is 13.9. The summed E-state index contributed by atoms with van der Waals surface area (Å²) in [6.45, 7) is 1.86. The van der Waals surface area contributed by atoms with E-state index in [1.165, 1.54) is 6.08 Å². The summed E-state index contributed by atoms with van der Waals surface area (Å²) in [5.74, 6) is 0.0974. The van der Waals surface area contributed by atoms with Gasteiger partial charge in [-0.3, -0.25) is 9.78 Å². The fourth-order valence-electron chi connectivity index (χ4n) is 2.87. The third kappa shape index (κ3) is 2.93. The van der Waals surface area contributed by atoms with Crippen LogP contribution in [-0.4, -0.2) is 25.9 Å². The first-order chi connectivity index (χ1) is 13.0. The summed E-state index contributed by atoms with van der Waals surface area (Å²) < 4.78 is 1.93. The minimum atomic E-state index is -0.719. The Kier molecular flexibility index (Phi) is 4.12. The van der Waals surface area contributed by atoms with Crippen LogP contribution < -0.4 is 11.2 Å². The number of pyridine rings is 1. The van der Waals surface area contributed by atoms with Crippen LogP contribution in [0.5, 0.6) is 5.88 Å². The number of halogens is 1. The first kappa shape index (κ1) is 17.2. The molecular weight excluding hydrogens is 412 g/mol. The molecule has 0 unspecified atom stereocenters. The van der Waals surface area contributed by atoms with Gasteiger partial charge < -0.3 is 5.11 Å². The Morgan fingerprint density at radius 1 is 1.26 bits per heavy atom. The van der Waals surface area contributed by atoms with E-state index in [1.807, 2.05) is 13.0 Å². The van der Waals surface area contributed by atoms with Crippen LogP contribution in [0.2, 0.25) is 0 Å². The fraction of sp³-hybridized carbons (Fsp3) is 0.0526. The molecule has 2 aromatic heterocycles. The summed E-state index contributed by atoms with van der Waals surface area (Å²) in [4.78, 5) is 35.2. The molecular formula is C19H13BrN4O3. The summed E-state index contributed by atoms with van der Waals surface area (Å²) in [6, 6.07) is 8.75. The van der Waals surface area contributed by atoms with Crippen LogP contribution in [0.3, 0.4) is 0 Å². The summed E-state index contributed by atoms with van der Waals surface area (Å²) in [5.41, 5.74) is 1.26. The highest BCUT2D eigenvalue weighted by molar-refractivity contribution is 9.10. The highest BCUT2D eigenvalue weighted by Gasteiger charge is 2.18. The Balaban J connectivity index is 1.92. The lowest BCUT2D eigenvalue weighted by molar-refractivity contribution is 0.429. The van der Waals surface area contributed by atoms with Gasteiger partial charge in [-0.2, -0.15) is 0 Å². The van der Waals surface area contributed by atoms with E-state index in [9.17, 15) is 14.7 Å². The van der Waals surface area contributed by atoms with Gasteiger partial charge in [0.2, 0.25) is 5.88 Å². The molecule has 1 aliphatic rings. The van der Waals surface area contributed by atoms with E-state index in [4.69, 9.17) is 0 Å². The van der Waals surface area contributed by atoms with Crippen LogP contribution in [0.4, 0.5) is 5.82 Å². The number of nitrogens with zero attached hydrogens (tertiary/aromatic N) is 3. The molecule has 1 aliphatic heterocycles. The van der Waals surface area contributed by atoms with Gasteiger partial charge in [0.1, 0.15) is 5.56 Å². The molecule has 2 N–H and O–H groups in total. The van der Waals surface area contributed by atoms with Crippen LogP contribution in [0.15, 0.2) is 55.6 Å². The zero-order valence-electron chi connectivity index (χ0n) is 14.1. The van der Waals surface area contributed by atoms with Crippen molar-refractivity contribution < 1.29 is 5.11 Å². The van der Waals surface area contributed by atoms with E-state index in [0.717, 1.165) is 20.2 Å². The van der Waals surface area contributed by atoms with Gasteiger partial charge in [0.15, 0.2) is 5.82 Å². The molecule has 0 saturated heterocycles. The topological polar surface area (TPSA) is 100 Å². The van der Waals surface area contributed by atoms with Crippen molar-refractivity contribution in [2.45, 2.75) is 6.92 Å². The van der Waals surface area contributed by atoms with Gasteiger partial charge in [0.05, 0.1) is 5.69 Å². The Bertz CT molecular complexity index is 1250. The highest BCUT2D eigenvalue weighted by atomic mass is 79.9. The Labute approximate surface area is 161 Å². The van der Waals surface area contributed by atoms with Gasteiger partial charge in [-0.15, -0.1) is 0 Å². The van der Waals surface area contributed by atoms with E-state index in [2.05, 4.69) is 30.9 Å². The van der Waals surface area contributed by atoms with Crippen LogP contribution in [-0.2, 0) is 0 Å². The Hall–Kier alpha value is -3.26. The Morgan fingerprint density at radius 3 is 2.85 bits per heavy atom. The maximum Gasteiger partial charge on any atom is 0.335 e. The summed E-state index contributed by atoms with van der Waals surface area (Å²) in [6.07, 6.45) is 4.68. The number of aromatic hydroxyl groups is 1. The number of aromatic amines is 1. The SMILES string of the molecule is Cc1cc(-n2c(O)c(/C=C3/C=Nc4ncccc43)c(=O)[nH]c2=O)ccc1Br. The van der Waals surface area contributed by atoms with E-state index in [1.54, 1.807) is 36.7 Å². The van der Waals surface area contributed by atoms with Gasteiger partial charge >= 0.3 is 5.69 Å². The van der Waals surface area contributed by atoms with Crippen LogP contribution in [0.25, 0.3) is 17.3 Å². The van der Waals surface area contributed by atoms with Gasteiger partial charge in [-0.25, -0.2) is 19.3 Å². The molecule has 0 spiro atoms. The monoisotopic (exact) mass is 424 g/mol. The fourth-order valence-corrected chi connectivity index (χ4v) is 3.12. The standard InChI is InChI=1S/C19H13BrN4O3/c1-10-7-12(4-5-15(10)20)24-18(26)14(17(25)23-19(24)27)8-11-9-22-16-13(11)3-2-6-21-16/h2-9,26H,1H3,(H,23,25,27)/b11-8-. The number of fused-ring (bicyclic) bond motifs is 1. The molecule has 0 amide bonds. The van der Waals surface area contributed by atoms with Gasteiger partial charge in [0.25, 0.3) is 5.56 Å². The second kappa shape index (κ2) is 6.48. The number of hydrogen-bond donors (Lipinski definition) is 2. The molecule has 3 heterocycles. The van der Waals surface area contributed by atoms with Crippen molar-refractivity contribution in [2.24, 2.45) is 4.99 Å². The zero-order valence-corrected chi connectivity index (χ0v) is 15.7. The van der Waals surface area contributed by atoms with E-state index in [-0.39, 0.29) is 5.56 Å². The quantitative estimate of drug-likeness (QED) is 0.660. The molecule has 1 aromatic carbocycles. The van der Waals surface area contributed by atoms with E-state index in [0.29, 0.717) is 17.1 Å². The maximum absolute atomic E-state index is 12.3. The number of aryl methyl sites for hydroxylation is 1. The van der Waals surface area contributed by atoms with Crippen molar-refractivity contribution in [3.63, 3.8) is 0 Å². The second-order valence-electron chi connectivity index (χ2n) is 6.00. The number of H-pyrrole nitrogens is 1. The van der Waals surface area contributed by atoms with E-state index < -0.39 is 17.1 Å². The summed E-state index contributed by atoms with van der Waals surface area (Å²) in [5, 5.41) is 10.7. The minimum Gasteiger partial charge on any atom is -0.494 e. The first-order valence-corrected chi connectivity index (χ1v) is 8.81. The van der Waals surface area contributed by atoms with Crippen molar-refractivity contribution >= 4 is 39.6 Å². The van der Waals surface area contributed by atoms with E-state index >= 15 is 0 Å². The number of aliphatic imine (C=N–C) groups is 1. The van der Waals surface area contributed by atoms with Crippen molar-refractivity contribution in [3.05, 3.63) is 78.5 Å². The van der Waals surface area contributed by atoms with Crippen molar-refractivity contribution in [1.82, 2.24) is 14.5 Å². The predicted octanol–water partition coefficient (Wildman–Crippen LogP) is 2.95. The third-order valence-electron chi connectivity index (χ3n) is 4.24. The van der Waals surface area contributed by atoms with Crippen molar-refractivity contribution in [3.8, 4) is 11.6 Å². The van der Waals surface area contributed by atoms with Crippen molar-refractivity contribution in [2.75, 3.05) is 0 Å². The van der Waals surface area contributed by atoms with Crippen LogP contribution >= 0.6 is 15.9 Å². The lowest BCUT2D eigenvalue weighted by Crippen LogP contribution is -2.30. The molecule has 0 saturated carbocycles.